The molecule has 0 saturated carbocycles. The summed E-state index contributed by atoms with van der Waals surface area (Å²) in [7, 11) is 0. The van der Waals surface area contributed by atoms with E-state index >= 15 is 0 Å². The molecule has 0 unspecified atom stereocenters. The summed E-state index contributed by atoms with van der Waals surface area (Å²) in [6.45, 7) is 9.12. The molecule has 0 aliphatic carbocycles. The first kappa shape index (κ1) is 32.4. The second-order valence-corrected chi connectivity index (χ2v) is 15.2. The van der Waals surface area contributed by atoms with Gasteiger partial charge in [-0.15, -0.1) is 0 Å². The maximum absolute atomic E-state index is 11.7. The molecule has 0 amide bonds. The molecule has 0 spiro atoms. The lowest BCUT2D eigenvalue weighted by Crippen LogP contribution is -2.09. The summed E-state index contributed by atoms with van der Waals surface area (Å²) >= 11 is 0. The third-order valence-corrected chi connectivity index (χ3v) is 12.4. The molecule has 8 heteroatoms. The van der Waals surface area contributed by atoms with Crippen molar-refractivity contribution in [2.75, 3.05) is 0 Å². The SMILES string of the molecule is [C-]#[N+]c1c(-c2ccccc2)c(C#N)c(-n2c3cncc4c5ccccc5c5cncc2c5c43)c(-c2ccccc2)c1-n1c2cncc3c4ccccc4c4cncc1c4c32. The van der Waals surface area contributed by atoms with Gasteiger partial charge in [-0.05, 0) is 32.7 Å². The van der Waals surface area contributed by atoms with Gasteiger partial charge in [-0.25, -0.2) is 4.85 Å². The van der Waals surface area contributed by atoms with Crippen molar-refractivity contribution in [2.45, 2.75) is 0 Å². The number of benzene rings is 7. The van der Waals surface area contributed by atoms with E-state index in [2.05, 4.69) is 80.7 Å². The molecule has 60 heavy (non-hydrogen) atoms. The molecule has 0 saturated heterocycles. The van der Waals surface area contributed by atoms with Crippen LogP contribution in [0, 0.1) is 17.9 Å². The van der Waals surface area contributed by atoms with Gasteiger partial charge in [0.15, 0.2) is 0 Å². The Bertz CT molecular complexity index is 3620. The van der Waals surface area contributed by atoms with Crippen LogP contribution in [0.2, 0.25) is 0 Å². The summed E-state index contributed by atoms with van der Waals surface area (Å²) in [6.07, 6.45) is 15.3. The summed E-state index contributed by atoms with van der Waals surface area (Å²) in [5.41, 5.74) is 8.20. The second kappa shape index (κ2) is 11.9. The fourth-order valence-corrected chi connectivity index (χ4v) is 10.1. The molecule has 0 bridgehead atoms. The Labute approximate surface area is 341 Å². The Morgan fingerprint density at radius 1 is 0.417 bits per heavy atom. The first-order valence-electron chi connectivity index (χ1n) is 19.6. The standard InChI is InChI=1S/C52H26N8/c1-54-50-44(29-12-4-2-5-13-29)35(20-53)51(59-40-25-55-21-36-31-16-8-9-17-32(31)37-22-56-26-41(59)47(37)46(36)40)45(30-14-6-3-7-15-30)52(50)60-42-27-57-23-38-33-18-10-11-19-34(33)39-24-58-28-43(60)49(39)48(38)42/h2-19,21-28H. The van der Waals surface area contributed by atoms with Gasteiger partial charge in [-0.2, -0.15) is 5.26 Å². The summed E-state index contributed by atoms with van der Waals surface area (Å²) in [5.74, 6) is 0. The molecule has 0 radical (unpaired) electrons. The minimum atomic E-state index is 0.349. The molecule has 274 valence electrons. The molecule has 0 fully saturated rings. The summed E-state index contributed by atoms with van der Waals surface area (Å²) in [6, 6.07) is 39.4. The van der Waals surface area contributed by atoms with Gasteiger partial charge in [0.05, 0.1) is 70.4 Å². The minimum absolute atomic E-state index is 0.349. The fourth-order valence-electron chi connectivity index (χ4n) is 10.1. The molecule has 8 nitrogen and oxygen atoms in total. The smallest absolute Gasteiger partial charge is 0.220 e. The Kier molecular flexibility index (Phi) is 6.42. The van der Waals surface area contributed by atoms with Crippen LogP contribution in [0.5, 0.6) is 0 Å². The van der Waals surface area contributed by atoms with E-state index in [1.807, 2.05) is 98.1 Å². The molecule has 0 aliphatic rings. The average molecular weight is 763 g/mol. The lowest BCUT2D eigenvalue weighted by molar-refractivity contribution is 1.12. The Balaban J connectivity index is 1.33. The van der Waals surface area contributed by atoms with E-state index in [9.17, 15) is 5.26 Å². The molecule has 0 aliphatic heterocycles. The van der Waals surface area contributed by atoms with E-state index in [1.165, 1.54) is 0 Å². The first-order valence-corrected chi connectivity index (χ1v) is 19.6. The fraction of sp³-hybridized carbons (Fsp3) is 0. The van der Waals surface area contributed by atoms with Crippen molar-refractivity contribution >= 4 is 92.4 Å². The Morgan fingerprint density at radius 2 is 0.767 bits per heavy atom. The lowest BCUT2D eigenvalue weighted by Gasteiger charge is -2.25. The van der Waals surface area contributed by atoms with Crippen molar-refractivity contribution in [3.05, 3.63) is 176 Å². The van der Waals surface area contributed by atoms with E-state index in [-0.39, 0.29) is 0 Å². The molecule has 6 aromatic heterocycles. The topological polar surface area (TPSA) is 89.6 Å². The highest BCUT2D eigenvalue weighted by molar-refractivity contribution is 6.35. The van der Waals surface area contributed by atoms with Crippen LogP contribution in [0.1, 0.15) is 5.56 Å². The van der Waals surface area contributed by atoms with Gasteiger partial charge in [0.25, 0.3) is 0 Å². The molecule has 13 aromatic rings. The maximum Gasteiger partial charge on any atom is 0.220 e. The van der Waals surface area contributed by atoms with E-state index in [4.69, 9.17) is 26.5 Å². The zero-order valence-electron chi connectivity index (χ0n) is 31.6. The third-order valence-electron chi connectivity index (χ3n) is 12.4. The maximum atomic E-state index is 11.7. The monoisotopic (exact) mass is 762 g/mol. The number of nitrogens with zero attached hydrogens (tertiary/aromatic N) is 8. The normalized spacial score (nSPS) is 12.0. The quantitative estimate of drug-likeness (QED) is 0.132. The summed E-state index contributed by atoms with van der Waals surface area (Å²) in [5, 5.41) is 24.2. The lowest BCUT2D eigenvalue weighted by atomic mass is 9.88. The van der Waals surface area contributed by atoms with E-state index < -0.39 is 0 Å². The van der Waals surface area contributed by atoms with Gasteiger partial charge in [0.2, 0.25) is 5.69 Å². The van der Waals surface area contributed by atoms with Crippen LogP contribution in [0.4, 0.5) is 5.69 Å². The van der Waals surface area contributed by atoms with Crippen molar-refractivity contribution in [3.63, 3.8) is 0 Å². The number of rotatable bonds is 4. The molecule has 7 aromatic carbocycles. The highest BCUT2D eigenvalue weighted by Crippen LogP contribution is 2.54. The van der Waals surface area contributed by atoms with Crippen LogP contribution in [0.15, 0.2) is 159 Å². The molecule has 0 N–H and O–H groups in total. The minimum Gasteiger partial charge on any atom is -0.315 e. The number of hydrogen-bond acceptors (Lipinski definition) is 5. The number of hydrogen-bond donors (Lipinski definition) is 0. The van der Waals surface area contributed by atoms with Gasteiger partial charge in [0, 0.05) is 79.0 Å². The summed E-state index contributed by atoms with van der Waals surface area (Å²) < 4.78 is 4.34. The van der Waals surface area contributed by atoms with E-state index in [0.29, 0.717) is 28.2 Å². The number of nitriles is 1. The number of pyridine rings is 4. The third kappa shape index (κ3) is 4.01. The van der Waals surface area contributed by atoms with Crippen molar-refractivity contribution < 1.29 is 0 Å². The van der Waals surface area contributed by atoms with Gasteiger partial charge in [-0.1, -0.05) is 109 Å². The van der Waals surface area contributed by atoms with E-state index in [1.54, 1.807) is 0 Å². The van der Waals surface area contributed by atoms with Gasteiger partial charge >= 0.3 is 0 Å². The Morgan fingerprint density at radius 3 is 1.13 bits per heavy atom. The van der Waals surface area contributed by atoms with Gasteiger partial charge in [-0.3, -0.25) is 19.9 Å². The van der Waals surface area contributed by atoms with Gasteiger partial charge in [0.1, 0.15) is 6.07 Å². The van der Waals surface area contributed by atoms with Crippen LogP contribution < -0.4 is 0 Å². The average Bonchev–Trinajstić information content (AvgIpc) is 3.84. The van der Waals surface area contributed by atoms with Crippen molar-refractivity contribution in [3.8, 4) is 39.7 Å². The summed E-state index contributed by atoms with van der Waals surface area (Å²) in [4.78, 5) is 23.9. The van der Waals surface area contributed by atoms with Crippen LogP contribution in [-0.4, -0.2) is 29.1 Å². The highest BCUT2D eigenvalue weighted by atomic mass is 15.1. The van der Waals surface area contributed by atoms with Crippen LogP contribution in [0.3, 0.4) is 0 Å². The van der Waals surface area contributed by atoms with Crippen molar-refractivity contribution in [1.29, 1.82) is 5.26 Å². The van der Waals surface area contributed by atoms with Crippen LogP contribution >= 0.6 is 0 Å². The second-order valence-electron chi connectivity index (χ2n) is 15.2. The highest BCUT2D eigenvalue weighted by Gasteiger charge is 2.33. The van der Waals surface area contributed by atoms with Crippen LogP contribution in [0.25, 0.3) is 125 Å². The van der Waals surface area contributed by atoms with Crippen molar-refractivity contribution in [2.24, 2.45) is 0 Å². The van der Waals surface area contributed by atoms with E-state index in [0.717, 1.165) is 103 Å². The predicted octanol–water partition coefficient (Wildman–Crippen LogP) is 12.7. The van der Waals surface area contributed by atoms with Crippen molar-refractivity contribution in [1.82, 2.24) is 29.1 Å². The Hall–Kier alpha value is -8.72. The van der Waals surface area contributed by atoms with Gasteiger partial charge < -0.3 is 9.13 Å². The molecule has 13 rings (SSSR count). The molecular weight excluding hydrogens is 737 g/mol. The zero-order chi connectivity index (χ0) is 39.6. The molecule has 6 heterocycles. The number of aromatic nitrogens is 6. The predicted molar refractivity (Wildman–Crippen MR) is 241 cm³/mol. The zero-order valence-corrected chi connectivity index (χ0v) is 31.6. The van der Waals surface area contributed by atoms with Crippen LogP contribution in [-0.2, 0) is 0 Å². The molecular formula is C52H26N8. The number of fused-ring (bicyclic) bond motifs is 6. The molecule has 0 atom stereocenters. The largest absolute Gasteiger partial charge is 0.315 e. The first-order chi connectivity index (χ1) is 29.8.